The second kappa shape index (κ2) is 6.56. The van der Waals surface area contributed by atoms with E-state index in [-0.39, 0.29) is 0 Å². The van der Waals surface area contributed by atoms with Gasteiger partial charge in [-0.05, 0) is 11.6 Å². The molecule has 1 aromatic heterocycles. The zero-order valence-electron chi connectivity index (χ0n) is 10.3. The molecule has 0 atom stereocenters. The highest BCUT2D eigenvalue weighted by atomic mass is 79.9. The van der Waals surface area contributed by atoms with Crippen LogP contribution in [0.1, 0.15) is 5.56 Å². The van der Waals surface area contributed by atoms with Gasteiger partial charge in [0.15, 0.2) is 0 Å². The van der Waals surface area contributed by atoms with E-state index in [4.69, 9.17) is 4.74 Å². The lowest BCUT2D eigenvalue weighted by Crippen LogP contribution is -2.04. The minimum atomic E-state index is 0.672. The first-order chi connectivity index (χ1) is 8.79. The van der Waals surface area contributed by atoms with Gasteiger partial charge >= 0.3 is 0 Å². The number of benzene rings is 1. The van der Waals surface area contributed by atoms with E-state index in [1.54, 1.807) is 7.11 Å². The monoisotopic (exact) mass is 309 g/mol. The van der Waals surface area contributed by atoms with Crippen LogP contribution in [0.3, 0.4) is 0 Å². The van der Waals surface area contributed by atoms with Gasteiger partial charge in [-0.15, -0.1) is 0 Å². The van der Waals surface area contributed by atoms with Gasteiger partial charge in [-0.2, -0.15) is 5.10 Å². The molecule has 0 spiro atoms. The van der Waals surface area contributed by atoms with Crippen LogP contribution in [0.15, 0.2) is 41.1 Å². The minimum absolute atomic E-state index is 0.672. The SMILES string of the molecule is COCCn1cc(NCc2ccccc2Br)cn1. The molecule has 0 aliphatic carbocycles. The van der Waals surface area contributed by atoms with E-state index in [1.807, 2.05) is 35.3 Å². The van der Waals surface area contributed by atoms with Gasteiger partial charge in [0.25, 0.3) is 0 Å². The highest BCUT2D eigenvalue weighted by molar-refractivity contribution is 9.10. The molecule has 2 rings (SSSR count). The topological polar surface area (TPSA) is 39.1 Å². The van der Waals surface area contributed by atoms with Gasteiger partial charge in [0.05, 0.1) is 25.0 Å². The molecule has 0 fully saturated rings. The molecule has 2 aromatic rings. The summed E-state index contributed by atoms with van der Waals surface area (Å²) < 4.78 is 7.99. The Morgan fingerprint density at radius 3 is 3.00 bits per heavy atom. The Balaban J connectivity index is 1.90. The zero-order chi connectivity index (χ0) is 12.8. The van der Waals surface area contributed by atoms with Gasteiger partial charge in [-0.25, -0.2) is 0 Å². The van der Waals surface area contributed by atoms with Gasteiger partial charge in [0.1, 0.15) is 0 Å². The molecule has 18 heavy (non-hydrogen) atoms. The molecule has 1 heterocycles. The predicted molar refractivity (Wildman–Crippen MR) is 75.6 cm³/mol. The van der Waals surface area contributed by atoms with E-state index in [0.717, 1.165) is 23.2 Å². The predicted octanol–water partition coefficient (Wildman–Crippen LogP) is 2.90. The van der Waals surface area contributed by atoms with E-state index >= 15 is 0 Å². The maximum atomic E-state index is 5.01. The van der Waals surface area contributed by atoms with Gasteiger partial charge in [0.2, 0.25) is 0 Å². The van der Waals surface area contributed by atoms with Crippen molar-refractivity contribution in [3.63, 3.8) is 0 Å². The van der Waals surface area contributed by atoms with Gasteiger partial charge in [0, 0.05) is 24.3 Å². The molecule has 0 aliphatic heterocycles. The third-order valence-electron chi connectivity index (χ3n) is 2.60. The number of hydrogen-bond donors (Lipinski definition) is 1. The van der Waals surface area contributed by atoms with Crippen molar-refractivity contribution in [3.8, 4) is 0 Å². The maximum absolute atomic E-state index is 5.01. The van der Waals surface area contributed by atoms with Crippen molar-refractivity contribution in [3.05, 3.63) is 46.7 Å². The van der Waals surface area contributed by atoms with Crippen molar-refractivity contribution in [1.29, 1.82) is 0 Å². The molecule has 0 radical (unpaired) electrons. The van der Waals surface area contributed by atoms with Crippen LogP contribution in [0.5, 0.6) is 0 Å². The molecule has 1 N–H and O–H groups in total. The Morgan fingerprint density at radius 1 is 1.39 bits per heavy atom. The number of methoxy groups -OCH3 is 1. The van der Waals surface area contributed by atoms with Crippen molar-refractivity contribution >= 4 is 21.6 Å². The summed E-state index contributed by atoms with van der Waals surface area (Å²) in [6.07, 6.45) is 3.81. The average molecular weight is 310 g/mol. The highest BCUT2D eigenvalue weighted by Gasteiger charge is 2.00. The number of ether oxygens (including phenoxy) is 1. The average Bonchev–Trinajstić information content (AvgIpc) is 2.83. The lowest BCUT2D eigenvalue weighted by atomic mass is 10.2. The summed E-state index contributed by atoms with van der Waals surface area (Å²) in [5, 5.41) is 7.60. The molecule has 0 saturated carbocycles. The Kier molecular flexibility index (Phi) is 4.78. The third kappa shape index (κ3) is 3.58. The molecule has 0 saturated heterocycles. The molecule has 1 aromatic carbocycles. The van der Waals surface area contributed by atoms with Crippen LogP contribution < -0.4 is 5.32 Å². The van der Waals surface area contributed by atoms with Gasteiger partial charge < -0.3 is 10.1 Å². The largest absolute Gasteiger partial charge is 0.383 e. The quantitative estimate of drug-likeness (QED) is 0.892. The molecule has 0 amide bonds. The van der Waals surface area contributed by atoms with Crippen molar-refractivity contribution in [2.24, 2.45) is 0 Å². The standard InChI is InChI=1S/C13H16BrN3O/c1-18-7-6-17-10-12(9-16-17)15-8-11-4-2-3-5-13(11)14/h2-5,9-10,15H,6-8H2,1H3. The van der Waals surface area contributed by atoms with Crippen LogP contribution >= 0.6 is 15.9 Å². The summed E-state index contributed by atoms with van der Waals surface area (Å²) in [6.45, 7) is 2.22. The third-order valence-corrected chi connectivity index (χ3v) is 3.37. The van der Waals surface area contributed by atoms with Crippen LogP contribution in [-0.4, -0.2) is 23.5 Å². The summed E-state index contributed by atoms with van der Waals surface area (Å²) in [5.74, 6) is 0. The fraction of sp³-hybridized carbons (Fsp3) is 0.308. The summed E-state index contributed by atoms with van der Waals surface area (Å²) in [5.41, 5.74) is 2.24. The van der Waals surface area contributed by atoms with E-state index in [2.05, 4.69) is 32.4 Å². The lowest BCUT2D eigenvalue weighted by molar-refractivity contribution is 0.183. The molecule has 0 aliphatic rings. The first-order valence-corrected chi connectivity index (χ1v) is 6.57. The smallest absolute Gasteiger partial charge is 0.0729 e. The Bertz CT molecular complexity index is 498. The molecule has 5 heteroatoms. The van der Waals surface area contributed by atoms with E-state index in [0.29, 0.717) is 6.61 Å². The van der Waals surface area contributed by atoms with Crippen LogP contribution in [-0.2, 0) is 17.8 Å². The second-order valence-corrected chi connectivity index (χ2v) is 4.78. The fourth-order valence-corrected chi connectivity index (χ4v) is 2.03. The second-order valence-electron chi connectivity index (χ2n) is 3.93. The van der Waals surface area contributed by atoms with Crippen LogP contribution in [0, 0.1) is 0 Å². The first kappa shape index (κ1) is 13.1. The number of halogens is 1. The summed E-state index contributed by atoms with van der Waals surface area (Å²) in [7, 11) is 1.69. The summed E-state index contributed by atoms with van der Waals surface area (Å²) in [6, 6.07) is 8.17. The lowest BCUT2D eigenvalue weighted by Gasteiger charge is -2.05. The number of nitrogens with one attached hydrogen (secondary N) is 1. The maximum Gasteiger partial charge on any atom is 0.0729 e. The van der Waals surface area contributed by atoms with Crippen molar-refractivity contribution in [1.82, 2.24) is 9.78 Å². The van der Waals surface area contributed by atoms with Crippen LogP contribution in [0.25, 0.3) is 0 Å². The number of nitrogens with zero attached hydrogens (tertiary/aromatic N) is 2. The Labute approximate surface area is 115 Å². The van der Waals surface area contributed by atoms with Crippen LogP contribution in [0.2, 0.25) is 0 Å². The Hall–Kier alpha value is -1.33. The van der Waals surface area contributed by atoms with Crippen molar-refractivity contribution < 1.29 is 4.74 Å². The van der Waals surface area contributed by atoms with Crippen LogP contribution in [0.4, 0.5) is 5.69 Å². The normalized spacial score (nSPS) is 10.6. The molecule has 0 unspecified atom stereocenters. The molecular weight excluding hydrogens is 294 g/mol. The molecular formula is C13H16BrN3O. The van der Waals surface area contributed by atoms with E-state index < -0.39 is 0 Å². The molecule has 4 nitrogen and oxygen atoms in total. The van der Waals surface area contributed by atoms with Gasteiger partial charge in [-0.1, -0.05) is 34.1 Å². The van der Waals surface area contributed by atoms with Crippen molar-refractivity contribution in [2.75, 3.05) is 19.0 Å². The van der Waals surface area contributed by atoms with Gasteiger partial charge in [-0.3, -0.25) is 4.68 Å². The summed E-state index contributed by atoms with van der Waals surface area (Å²) >= 11 is 3.53. The minimum Gasteiger partial charge on any atom is -0.383 e. The molecule has 96 valence electrons. The highest BCUT2D eigenvalue weighted by Crippen LogP contribution is 2.17. The van der Waals surface area contributed by atoms with Crippen molar-refractivity contribution in [2.45, 2.75) is 13.1 Å². The Morgan fingerprint density at radius 2 is 2.22 bits per heavy atom. The number of hydrogen-bond acceptors (Lipinski definition) is 3. The first-order valence-electron chi connectivity index (χ1n) is 5.78. The van der Waals surface area contributed by atoms with E-state index in [1.165, 1.54) is 5.56 Å². The molecule has 0 bridgehead atoms. The summed E-state index contributed by atoms with van der Waals surface area (Å²) in [4.78, 5) is 0. The number of aromatic nitrogens is 2. The fourth-order valence-electron chi connectivity index (χ4n) is 1.60. The number of anilines is 1. The van der Waals surface area contributed by atoms with E-state index in [9.17, 15) is 0 Å². The number of rotatable bonds is 6. The zero-order valence-corrected chi connectivity index (χ0v) is 11.9.